The van der Waals surface area contributed by atoms with Crippen LogP contribution in [0.3, 0.4) is 0 Å². The standard InChI is InChI=1S/C20H21ClN2O3/c21-16-5-7-18(8-6-16)23-10-9-17(11-23)22-19(24)14-1-3-15(4-2-14)20(25)12-26-13-20/h1-8,17,25H,9-13H2,(H,22,24). The van der Waals surface area contributed by atoms with Crippen molar-refractivity contribution in [3.05, 3.63) is 64.7 Å². The molecule has 0 saturated carbocycles. The number of carbonyl (C=O) groups excluding carboxylic acids is 1. The zero-order chi connectivity index (χ0) is 18.1. The average Bonchev–Trinajstić information content (AvgIpc) is 3.09. The first kappa shape index (κ1) is 17.3. The van der Waals surface area contributed by atoms with Crippen LogP contribution in [0, 0.1) is 0 Å². The molecule has 4 rings (SSSR count). The lowest BCUT2D eigenvalue weighted by Gasteiger charge is -2.36. The Balaban J connectivity index is 1.35. The number of hydrogen-bond donors (Lipinski definition) is 2. The number of ether oxygens (including phenoxy) is 1. The molecule has 1 unspecified atom stereocenters. The van der Waals surface area contributed by atoms with E-state index in [0.29, 0.717) is 18.8 Å². The number of carbonyl (C=O) groups is 1. The van der Waals surface area contributed by atoms with Gasteiger partial charge in [-0.25, -0.2) is 0 Å². The molecule has 1 atom stereocenters. The Hall–Kier alpha value is -2.08. The van der Waals surface area contributed by atoms with Gasteiger partial charge in [0.25, 0.3) is 5.91 Å². The monoisotopic (exact) mass is 372 g/mol. The molecule has 1 amide bonds. The van der Waals surface area contributed by atoms with Crippen molar-refractivity contribution in [1.82, 2.24) is 5.32 Å². The minimum absolute atomic E-state index is 0.0867. The second kappa shape index (κ2) is 6.91. The largest absolute Gasteiger partial charge is 0.380 e. The molecular formula is C20H21ClN2O3. The summed E-state index contributed by atoms with van der Waals surface area (Å²) in [5.41, 5.74) is 1.60. The van der Waals surface area contributed by atoms with Crippen molar-refractivity contribution in [2.24, 2.45) is 0 Å². The van der Waals surface area contributed by atoms with Crippen LogP contribution >= 0.6 is 11.6 Å². The van der Waals surface area contributed by atoms with Crippen LogP contribution in [-0.4, -0.2) is 43.4 Å². The van der Waals surface area contributed by atoms with Crippen molar-refractivity contribution in [3.8, 4) is 0 Å². The van der Waals surface area contributed by atoms with Crippen molar-refractivity contribution in [3.63, 3.8) is 0 Å². The third kappa shape index (κ3) is 3.43. The third-order valence-electron chi connectivity index (χ3n) is 5.08. The van der Waals surface area contributed by atoms with Crippen LogP contribution in [0.4, 0.5) is 5.69 Å². The summed E-state index contributed by atoms with van der Waals surface area (Å²) in [4.78, 5) is 14.7. The lowest BCUT2D eigenvalue weighted by atomic mass is 9.91. The highest BCUT2D eigenvalue weighted by molar-refractivity contribution is 6.30. The summed E-state index contributed by atoms with van der Waals surface area (Å²) < 4.78 is 5.07. The van der Waals surface area contributed by atoms with Gasteiger partial charge in [-0.05, 0) is 48.4 Å². The van der Waals surface area contributed by atoms with Crippen molar-refractivity contribution in [2.75, 3.05) is 31.2 Å². The van der Waals surface area contributed by atoms with Gasteiger partial charge in [-0.1, -0.05) is 23.7 Å². The van der Waals surface area contributed by atoms with Gasteiger partial charge in [0.1, 0.15) is 5.60 Å². The van der Waals surface area contributed by atoms with Crippen LogP contribution in [0.2, 0.25) is 5.02 Å². The summed E-state index contributed by atoms with van der Waals surface area (Å²) in [6.45, 7) is 2.30. The van der Waals surface area contributed by atoms with Crippen LogP contribution < -0.4 is 10.2 Å². The lowest BCUT2D eigenvalue weighted by molar-refractivity contribution is -0.184. The molecule has 0 bridgehead atoms. The second-order valence-electron chi connectivity index (χ2n) is 6.98. The molecule has 0 spiro atoms. The predicted octanol–water partition coefficient (Wildman–Crippen LogP) is 2.57. The highest BCUT2D eigenvalue weighted by Gasteiger charge is 2.37. The van der Waals surface area contributed by atoms with E-state index in [1.165, 1.54) is 0 Å². The van der Waals surface area contributed by atoms with Gasteiger partial charge in [-0.2, -0.15) is 0 Å². The fourth-order valence-corrected chi connectivity index (χ4v) is 3.55. The molecule has 26 heavy (non-hydrogen) atoms. The van der Waals surface area contributed by atoms with E-state index in [9.17, 15) is 9.90 Å². The number of rotatable bonds is 4. The maximum absolute atomic E-state index is 12.5. The third-order valence-corrected chi connectivity index (χ3v) is 5.33. The van der Waals surface area contributed by atoms with Gasteiger partial charge in [0.15, 0.2) is 0 Å². The molecule has 0 aliphatic carbocycles. The minimum Gasteiger partial charge on any atom is -0.380 e. The van der Waals surface area contributed by atoms with Gasteiger partial charge >= 0.3 is 0 Å². The first-order valence-corrected chi connectivity index (χ1v) is 9.13. The zero-order valence-corrected chi connectivity index (χ0v) is 15.1. The topological polar surface area (TPSA) is 61.8 Å². The molecule has 136 valence electrons. The molecule has 2 aliphatic heterocycles. The first-order chi connectivity index (χ1) is 12.5. The average molecular weight is 373 g/mol. The van der Waals surface area contributed by atoms with Gasteiger partial charge in [0.2, 0.25) is 0 Å². The molecule has 2 N–H and O–H groups in total. The maximum atomic E-state index is 12.5. The van der Waals surface area contributed by atoms with E-state index in [0.717, 1.165) is 35.8 Å². The summed E-state index contributed by atoms with van der Waals surface area (Å²) >= 11 is 5.94. The highest BCUT2D eigenvalue weighted by atomic mass is 35.5. The van der Waals surface area contributed by atoms with Gasteiger partial charge in [-0.15, -0.1) is 0 Å². The van der Waals surface area contributed by atoms with Crippen LogP contribution in [-0.2, 0) is 10.3 Å². The second-order valence-corrected chi connectivity index (χ2v) is 7.42. The summed E-state index contributed by atoms with van der Waals surface area (Å²) in [6.07, 6.45) is 0.906. The zero-order valence-electron chi connectivity index (χ0n) is 14.3. The fourth-order valence-electron chi connectivity index (χ4n) is 3.43. The lowest BCUT2D eigenvalue weighted by Crippen LogP contribution is -2.46. The van der Waals surface area contributed by atoms with Crippen LogP contribution in [0.5, 0.6) is 0 Å². The van der Waals surface area contributed by atoms with Crippen molar-refractivity contribution in [2.45, 2.75) is 18.1 Å². The van der Waals surface area contributed by atoms with Crippen LogP contribution in [0.1, 0.15) is 22.3 Å². The Morgan fingerprint density at radius 3 is 2.46 bits per heavy atom. The number of hydrogen-bond acceptors (Lipinski definition) is 4. The highest BCUT2D eigenvalue weighted by Crippen LogP contribution is 2.29. The van der Waals surface area contributed by atoms with Gasteiger partial charge < -0.3 is 20.1 Å². The van der Waals surface area contributed by atoms with Crippen LogP contribution in [0.25, 0.3) is 0 Å². The fraction of sp³-hybridized carbons (Fsp3) is 0.350. The quantitative estimate of drug-likeness (QED) is 0.866. The number of aliphatic hydroxyl groups is 1. The summed E-state index contributed by atoms with van der Waals surface area (Å²) in [7, 11) is 0. The molecule has 2 heterocycles. The van der Waals surface area contributed by atoms with Crippen molar-refractivity contribution in [1.29, 1.82) is 0 Å². The van der Waals surface area contributed by atoms with E-state index in [-0.39, 0.29) is 11.9 Å². The Kier molecular flexibility index (Phi) is 4.61. The van der Waals surface area contributed by atoms with Crippen LogP contribution in [0.15, 0.2) is 48.5 Å². The van der Waals surface area contributed by atoms with E-state index in [2.05, 4.69) is 10.2 Å². The number of amides is 1. The van der Waals surface area contributed by atoms with Gasteiger partial charge in [-0.3, -0.25) is 4.79 Å². The minimum atomic E-state index is -0.903. The summed E-state index contributed by atoms with van der Waals surface area (Å²) in [6, 6.07) is 15.0. The molecule has 0 aromatic heterocycles. The van der Waals surface area contributed by atoms with E-state index >= 15 is 0 Å². The maximum Gasteiger partial charge on any atom is 0.251 e. The Morgan fingerprint density at radius 1 is 1.15 bits per heavy atom. The number of anilines is 1. The molecule has 6 heteroatoms. The predicted molar refractivity (Wildman–Crippen MR) is 101 cm³/mol. The number of halogens is 1. The summed E-state index contributed by atoms with van der Waals surface area (Å²) in [5, 5.41) is 14.1. The molecular weight excluding hydrogens is 352 g/mol. The van der Waals surface area contributed by atoms with E-state index in [1.807, 2.05) is 24.3 Å². The van der Waals surface area contributed by atoms with Gasteiger partial charge in [0.05, 0.1) is 13.2 Å². The molecule has 2 fully saturated rings. The Bertz CT molecular complexity index is 788. The smallest absolute Gasteiger partial charge is 0.251 e. The SMILES string of the molecule is O=C(NC1CCN(c2ccc(Cl)cc2)C1)c1ccc(C2(O)COC2)cc1. The summed E-state index contributed by atoms with van der Waals surface area (Å²) in [5.74, 6) is -0.0867. The Labute approximate surface area is 157 Å². The van der Waals surface area contributed by atoms with E-state index < -0.39 is 5.60 Å². The molecule has 2 aromatic carbocycles. The Morgan fingerprint density at radius 2 is 1.85 bits per heavy atom. The number of benzene rings is 2. The molecule has 2 aromatic rings. The van der Waals surface area contributed by atoms with Gasteiger partial charge in [0, 0.05) is 35.4 Å². The van der Waals surface area contributed by atoms with Crippen molar-refractivity contribution < 1.29 is 14.6 Å². The molecule has 2 saturated heterocycles. The molecule has 2 aliphatic rings. The molecule has 0 radical (unpaired) electrons. The molecule has 5 nitrogen and oxygen atoms in total. The van der Waals surface area contributed by atoms with E-state index in [1.54, 1.807) is 24.3 Å². The van der Waals surface area contributed by atoms with E-state index in [4.69, 9.17) is 16.3 Å². The number of nitrogens with one attached hydrogen (secondary N) is 1. The number of nitrogens with zero attached hydrogens (tertiary/aromatic N) is 1. The normalized spacial score (nSPS) is 21.3. The van der Waals surface area contributed by atoms with Crippen molar-refractivity contribution >= 4 is 23.2 Å². The first-order valence-electron chi connectivity index (χ1n) is 8.76.